The van der Waals surface area contributed by atoms with Gasteiger partial charge in [-0.15, -0.1) is 0 Å². The Bertz CT molecular complexity index is 696. The van der Waals surface area contributed by atoms with E-state index >= 15 is 0 Å². The molecule has 1 saturated carbocycles. The van der Waals surface area contributed by atoms with Gasteiger partial charge in [-0.2, -0.15) is 0 Å². The van der Waals surface area contributed by atoms with E-state index in [1.54, 1.807) is 20.8 Å². The van der Waals surface area contributed by atoms with Gasteiger partial charge in [-0.25, -0.2) is 4.79 Å². The van der Waals surface area contributed by atoms with Crippen LogP contribution in [-0.2, 0) is 14.3 Å². The van der Waals surface area contributed by atoms with Crippen molar-refractivity contribution in [2.75, 3.05) is 19.8 Å². The van der Waals surface area contributed by atoms with E-state index in [0.717, 1.165) is 17.7 Å². The first-order chi connectivity index (χ1) is 12.2. The SMILES string of the molecule is CC(C)(C)OC(=O)[C@H](O)CNC(=O)[C@H]1C[C@@H]1c1ccc2c(c1)OCCO2. The molecule has 1 amide bonds. The fourth-order valence-corrected chi connectivity index (χ4v) is 2.93. The largest absolute Gasteiger partial charge is 0.486 e. The van der Waals surface area contributed by atoms with E-state index in [1.165, 1.54) is 0 Å². The maximum Gasteiger partial charge on any atom is 0.337 e. The van der Waals surface area contributed by atoms with Gasteiger partial charge in [0.25, 0.3) is 0 Å². The minimum atomic E-state index is -1.37. The minimum absolute atomic E-state index is 0.115. The summed E-state index contributed by atoms with van der Waals surface area (Å²) >= 11 is 0. The lowest BCUT2D eigenvalue weighted by atomic mass is 10.1. The second-order valence-corrected chi connectivity index (χ2v) is 7.65. The normalized spacial score (nSPS) is 22.3. The van der Waals surface area contributed by atoms with E-state index in [1.807, 2.05) is 18.2 Å². The summed E-state index contributed by atoms with van der Waals surface area (Å²) in [7, 11) is 0. The van der Waals surface area contributed by atoms with Gasteiger partial charge in [0.1, 0.15) is 18.8 Å². The molecule has 2 N–H and O–H groups in total. The second kappa shape index (κ2) is 7.15. The number of ether oxygens (including phenoxy) is 3. The van der Waals surface area contributed by atoms with Crippen LogP contribution in [0.1, 0.15) is 38.7 Å². The van der Waals surface area contributed by atoms with Crippen molar-refractivity contribution in [2.24, 2.45) is 5.92 Å². The molecule has 0 aromatic heterocycles. The summed E-state index contributed by atoms with van der Waals surface area (Å²) in [6, 6.07) is 5.73. The molecule has 7 nitrogen and oxygen atoms in total. The highest BCUT2D eigenvalue weighted by molar-refractivity contribution is 5.84. The van der Waals surface area contributed by atoms with E-state index in [-0.39, 0.29) is 24.3 Å². The number of hydrogen-bond acceptors (Lipinski definition) is 6. The number of hydrogen-bond donors (Lipinski definition) is 2. The lowest BCUT2D eigenvalue weighted by molar-refractivity contribution is -0.164. The molecule has 142 valence electrons. The average Bonchev–Trinajstić information content (AvgIpc) is 3.38. The molecule has 1 heterocycles. The van der Waals surface area contributed by atoms with Crippen molar-refractivity contribution in [3.63, 3.8) is 0 Å². The van der Waals surface area contributed by atoms with Crippen LogP contribution < -0.4 is 14.8 Å². The summed E-state index contributed by atoms with van der Waals surface area (Å²) in [5, 5.41) is 12.5. The first-order valence-electron chi connectivity index (χ1n) is 8.83. The molecule has 0 saturated heterocycles. The quantitative estimate of drug-likeness (QED) is 0.768. The van der Waals surface area contributed by atoms with Crippen molar-refractivity contribution in [2.45, 2.75) is 44.8 Å². The van der Waals surface area contributed by atoms with Crippen LogP contribution in [0.25, 0.3) is 0 Å². The smallest absolute Gasteiger partial charge is 0.337 e. The van der Waals surface area contributed by atoms with Gasteiger partial charge >= 0.3 is 5.97 Å². The van der Waals surface area contributed by atoms with Crippen LogP contribution >= 0.6 is 0 Å². The molecule has 1 aromatic rings. The summed E-state index contributed by atoms with van der Waals surface area (Å²) < 4.78 is 16.2. The van der Waals surface area contributed by atoms with E-state index in [0.29, 0.717) is 19.0 Å². The molecule has 1 aliphatic carbocycles. The number of rotatable bonds is 5. The number of fused-ring (bicyclic) bond motifs is 1. The van der Waals surface area contributed by atoms with Crippen LogP contribution in [0.2, 0.25) is 0 Å². The maximum atomic E-state index is 12.3. The summed E-state index contributed by atoms with van der Waals surface area (Å²) in [6.45, 7) is 6.07. The Labute approximate surface area is 152 Å². The highest BCUT2D eigenvalue weighted by Gasteiger charge is 2.44. The van der Waals surface area contributed by atoms with Crippen molar-refractivity contribution in [3.8, 4) is 11.5 Å². The van der Waals surface area contributed by atoms with Gasteiger partial charge < -0.3 is 24.6 Å². The molecule has 0 radical (unpaired) electrons. The van der Waals surface area contributed by atoms with Gasteiger partial charge in [-0.05, 0) is 50.8 Å². The fraction of sp³-hybridized carbons (Fsp3) is 0.579. The second-order valence-electron chi connectivity index (χ2n) is 7.65. The van der Waals surface area contributed by atoms with E-state index in [9.17, 15) is 14.7 Å². The Hall–Kier alpha value is -2.28. The van der Waals surface area contributed by atoms with Crippen LogP contribution in [-0.4, -0.2) is 48.4 Å². The standard InChI is InChI=1S/C19H25NO6/c1-19(2,3)26-18(23)14(21)10-20-17(22)13-9-12(13)11-4-5-15-16(8-11)25-7-6-24-15/h4-5,8,12-14,21H,6-7,9-10H2,1-3H3,(H,20,22)/t12-,13+,14-/m1/s1. The molecule has 26 heavy (non-hydrogen) atoms. The Morgan fingerprint density at radius 3 is 2.65 bits per heavy atom. The molecular formula is C19H25NO6. The molecule has 1 aliphatic heterocycles. The molecule has 0 spiro atoms. The molecule has 1 aromatic carbocycles. The molecule has 3 atom stereocenters. The van der Waals surface area contributed by atoms with Crippen molar-refractivity contribution < 1.29 is 28.9 Å². The third-order valence-corrected chi connectivity index (χ3v) is 4.27. The zero-order valence-corrected chi connectivity index (χ0v) is 15.3. The summed E-state index contributed by atoms with van der Waals surface area (Å²) in [5.41, 5.74) is 0.351. The molecule has 2 aliphatic rings. The Morgan fingerprint density at radius 1 is 1.27 bits per heavy atom. The zero-order chi connectivity index (χ0) is 18.9. The number of carbonyl (C=O) groups excluding carboxylic acids is 2. The third kappa shape index (κ3) is 4.46. The molecule has 0 bridgehead atoms. The van der Waals surface area contributed by atoms with Crippen molar-refractivity contribution >= 4 is 11.9 Å². The molecule has 0 unspecified atom stereocenters. The summed E-state index contributed by atoms with van der Waals surface area (Å²) in [4.78, 5) is 24.0. The third-order valence-electron chi connectivity index (χ3n) is 4.27. The monoisotopic (exact) mass is 363 g/mol. The van der Waals surface area contributed by atoms with Crippen LogP contribution in [0, 0.1) is 5.92 Å². The highest BCUT2D eigenvalue weighted by atomic mass is 16.6. The van der Waals surface area contributed by atoms with Gasteiger partial charge in [0, 0.05) is 5.92 Å². The fourth-order valence-electron chi connectivity index (χ4n) is 2.93. The van der Waals surface area contributed by atoms with Crippen molar-refractivity contribution in [3.05, 3.63) is 23.8 Å². The number of nitrogens with one attached hydrogen (secondary N) is 1. The molecule has 1 fully saturated rings. The van der Waals surface area contributed by atoms with E-state index in [4.69, 9.17) is 14.2 Å². The lowest BCUT2D eigenvalue weighted by Crippen LogP contribution is -2.40. The summed E-state index contributed by atoms with van der Waals surface area (Å²) in [6.07, 6.45) is -0.641. The van der Waals surface area contributed by atoms with Crippen molar-refractivity contribution in [1.29, 1.82) is 0 Å². The highest BCUT2D eigenvalue weighted by Crippen LogP contribution is 2.49. The summed E-state index contributed by atoms with van der Waals surface area (Å²) in [5.74, 6) is 0.472. The Balaban J connectivity index is 1.49. The minimum Gasteiger partial charge on any atom is -0.486 e. The first kappa shape index (κ1) is 18.5. The first-order valence-corrected chi connectivity index (χ1v) is 8.83. The lowest BCUT2D eigenvalue weighted by Gasteiger charge is -2.21. The number of carbonyl (C=O) groups is 2. The number of aliphatic hydroxyl groups excluding tert-OH is 1. The van der Waals surface area contributed by atoms with Gasteiger partial charge in [0.15, 0.2) is 17.6 Å². The van der Waals surface area contributed by atoms with Crippen LogP contribution in [0.15, 0.2) is 18.2 Å². The van der Waals surface area contributed by atoms with E-state index in [2.05, 4.69) is 5.32 Å². The number of benzene rings is 1. The van der Waals surface area contributed by atoms with Crippen LogP contribution in [0.5, 0.6) is 11.5 Å². The van der Waals surface area contributed by atoms with Gasteiger partial charge in [-0.3, -0.25) is 4.79 Å². The van der Waals surface area contributed by atoms with Crippen LogP contribution in [0.4, 0.5) is 0 Å². The van der Waals surface area contributed by atoms with Gasteiger partial charge in [0.05, 0.1) is 6.54 Å². The maximum absolute atomic E-state index is 12.3. The predicted octanol–water partition coefficient (Wildman–Crippen LogP) is 1.38. The van der Waals surface area contributed by atoms with E-state index < -0.39 is 17.7 Å². The Kier molecular flexibility index (Phi) is 5.09. The molecule has 3 rings (SSSR count). The zero-order valence-electron chi connectivity index (χ0n) is 15.3. The number of esters is 1. The number of amides is 1. The Morgan fingerprint density at radius 2 is 1.96 bits per heavy atom. The van der Waals surface area contributed by atoms with Crippen molar-refractivity contribution in [1.82, 2.24) is 5.32 Å². The van der Waals surface area contributed by atoms with Crippen LogP contribution in [0.3, 0.4) is 0 Å². The molecular weight excluding hydrogens is 338 g/mol. The predicted molar refractivity (Wildman–Crippen MR) is 93.1 cm³/mol. The van der Waals surface area contributed by atoms with Gasteiger partial charge in [-0.1, -0.05) is 6.07 Å². The molecule has 7 heteroatoms. The average molecular weight is 363 g/mol. The topological polar surface area (TPSA) is 94.1 Å². The van der Waals surface area contributed by atoms with Gasteiger partial charge in [0.2, 0.25) is 5.91 Å². The number of aliphatic hydroxyl groups is 1.